The number of pyridine rings is 2. The number of nitrogen functional groups attached to an aromatic ring is 1. The van der Waals surface area contributed by atoms with Crippen molar-refractivity contribution in [2.24, 2.45) is 0 Å². The van der Waals surface area contributed by atoms with Gasteiger partial charge in [0.15, 0.2) is 0 Å². The van der Waals surface area contributed by atoms with Crippen LogP contribution in [0.4, 0.5) is 5.82 Å². The highest BCUT2D eigenvalue weighted by Crippen LogP contribution is 2.44. The van der Waals surface area contributed by atoms with Crippen molar-refractivity contribution in [1.82, 2.24) is 24.8 Å². The minimum absolute atomic E-state index is 0.0366. The highest BCUT2D eigenvalue weighted by atomic mass is 16.2. The third kappa shape index (κ3) is 3.04. The summed E-state index contributed by atoms with van der Waals surface area (Å²) in [6.45, 7) is 1.25. The number of amides is 1. The fraction of sp³-hybridized carbons (Fsp3) is 0.318. The maximum absolute atomic E-state index is 12.8. The average Bonchev–Trinajstić information content (AvgIpc) is 3.13. The zero-order valence-electron chi connectivity index (χ0n) is 16.5. The molecule has 1 saturated heterocycles. The molecule has 0 aromatic carbocycles. The van der Waals surface area contributed by atoms with Crippen LogP contribution in [0.3, 0.4) is 0 Å². The summed E-state index contributed by atoms with van der Waals surface area (Å²) < 4.78 is 0. The van der Waals surface area contributed by atoms with Crippen LogP contribution >= 0.6 is 0 Å². The van der Waals surface area contributed by atoms with E-state index in [0.717, 1.165) is 42.5 Å². The number of anilines is 1. The van der Waals surface area contributed by atoms with Crippen LogP contribution in [0.2, 0.25) is 0 Å². The number of piperidine rings is 1. The molecule has 0 bridgehead atoms. The van der Waals surface area contributed by atoms with Gasteiger partial charge in [-0.05, 0) is 49.9 Å². The first kappa shape index (κ1) is 18.5. The van der Waals surface area contributed by atoms with Gasteiger partial charge in [0.25, 0.3) is 11.5 Å². The summed E-state index contributed by atoms with van der Waals surface area (Å²) in [5.41, 5.74) is 8.41. The number of fused-ring (bicyclic) bond motifs is 2. The van der Waals surface area contributed by atoms with Crippen molar-refractivity contribution in [3.8, 4) is 11.4 Å². The summed E-state index contributed by atoms with van der Waals surface area (Å²) in [5, 5.41) is 0. The predicted molar refractivity (Wildman–Crippen MR) is 112 cm³/mol. The third-order valence-electron chi connectivity index (χ3n) is 6.35. The lowest BCUT2D eigenvalue weighted by atomic mass is 9.76. The normalized spacial score (nSPS) is 17.1. The maximum atomic E-state index is 12.8. The predicted octanol–water partition coefficient (Wildman–Crippen LogP) is 1.93. The van der Waals surface area contributed by atoms with Crippen LogP contribution in [0.5, 0.6) is 0 Å². The Labute approximate surface area is 173 Å². The number of hydrogen-bond donors (Lipinski definition) is 2. The van der Waals surface area contributed by atoms with E-state index in [1.165, 1.54) is 6.20 Å². The molecule has 0 atom stereocenters. The van der Waals surface area contributed by atoms with E-state index >= 15 is 0 Å². The van der Waals surface area contributed by atoms with Crippen LogP contribution in [-0.4, -0.2) is 43.8 Å². The number of nitrogens with one attached hydrogen (secondary N) is 1. The minimum Gasteiger partial charge on any atom is -0.384 e. The molecule has 4 heterocycles. The summed E-state index contributed by atoms with van der Waals surface area (Å²) in [4.78, 5) is 43.3. The molecule has 152 valence electrons. The van der Waals surface area contributed by atoms with Crippen LogP contribution < -0.4 is 11.3 Å². The largest absolute Gasteiger partial charge is 0.384 e. The molecule has 1 aliphatic heterocycles. The molecular formula is C22H22N6O2. The molecule has 3 aromatic rings. The van der Waals surface area contributed by atoms with Crippen molar-refractivity contribution in [2.75, 3.05) is 18.8 Å². The highest BCUT2D eigenvalue weighted by molar-refractivity contribution is 5.94. The van der Waals surface area contributed by atoms with Gasteiger partial charge in [0.2, 0.25) is 0 Å². The van der Waals surface area contributed by atoms with Crippen LogP contribution in [0, 0.1) is 0 Å². The van der Waals surface area contributed by atoms with E-state index in [1.54, 1.807) is 24.5 Å². The van der Waals surface area contributed by atoms with Gasteiger partial charge in [-0.2, -0.15) is 0 Å². The molecule has 1 aliphatic carbocycles. The second kappa shape index (κ2) is 7.05. The van der Waals surface area contributed by atoms with E-state index < -0.39 is 0 Å². The van der Waals surface area contributed by atoms with E-state index in [1.807, 2.05) is 17.0 Å². The molecule has 5 rings (SSSR count). The number of rotatable bonds is 2. The molecular weight excluding hydrogens is 380 g/mol. The number of carbonyl (C=O) groups is 1. The topological polar surface area (TPSA) is 118 Å². The first-order valence-electron chi connectivity index (χ1n) is 10.1. The molecule has 1 spiro atoms. The monoisotopic (exact) mass is 402 g/mol. The van der Waals surface area contributed by atoms with E-state index in [2.05, 4.69) is 15.0 Å². The number of aromatic amines is 1. The van der Waals surface area contributed by atoms with Gasteiger partial charge in [0.1, 0.15) is 11.6 Å². The number of nitrogens with two attached hydrogens (primary N) is 1. The van der Waals surface area contributed by atoms with E-state index in [4.69, 9.17) is 10.7 Å². The Morgan fingerprint density at radius 1 is 1.13 bits per heavy atom. The molecule has 30 heavy (non-hydrogen) atoms. The Bertz CT molecular complexity index is 1150. The van der Waals surface area contributed by atoms with E-state index in [-0.39, 0.29) is 16.9 Å². The first-order valence-corrected chi connectivity index (χ1v) is 10.1. The van der Waals surface area contributed by atoms with Gasteiger partial charge >= 0.3 is 0 Å². The Balaban J connectivity index is 1.41. The molecule has 1 amide bonds. The summed E-state index contributed by atoms with van der Waals surface area (Å²) in [7, 11) is 0. The van der Waals surface area contributed by atoms with E-state index in [9.17, 15) is 9.59 Å². The quantitative estimate of drug-likeness (QED) is 0.676. The Morgan fingerprint density at radius 3 is 2.67 bits per heavy atom. The molecule has 3 aromatic heterocycles. The van der Waals surface area contributed by atoms with Gasteiger partial charge < -0.3 is 15.6 Å². The maximum Gasteiger partial charge on any atom is 0.255 e. The SMILES string of the molecule is Nc1ccc(C(=O)N2CCC3(CCc4c3nc(-c3cccnc3)[nH]c4=O)CC2)cn1. The van der Waals surface area contributed by atoms with Crippen molar-refractivity contribution in [3.63, 3.8) is 0 Å². The van der Waals surface area contributed by atoms with Crippen molar-refractivity contribution in [1.29, 1.82) is 0 Å². The zero-order chi connectivity index (χ0) is 20.7. The fourth-order valence-corrected chi connectivity index (χ4v) is 4.63. The minimum atomic E-state index is -0.156. The van der Waals surface area contributed by atoms with Gasteiger partial charge in [-0.3, -0.25) is 14.6 Å². The molecule has 8 heteroatoms. The Kier molecular flexibility index (Phi) is 4.34. The molecule has 8 nitrogen and oxygen atoms in total. The summed E-state index contributed by atoms with van der Waals surface area (Å²) >= 11 is 0. The lowest BCUT2D eigenvalue weighted by Gasteiger charge is -2.39. The van der Waals surface area contributed by atoms with Crippen LogP contribution in [0.15, 0.2) is 47.7 Å². The fourth-order valence-electron chi connectivity index (χ4n) is 4.63. The molecule has 0 saturated carbocycles. The van der Waals surface area contributed by atoms with Crippen molar-refractivity contribution >= 4 is 11.7 Å². The second-order valence-corrected chi connectivity index (χ2v) is 8.03. The van der Waals surface area contributed by atoms with E-state index in [0.29, 0.717) is 30.3 Å². The number of aromatic nitrogens is 4. The lowest BCUT2D eigenvalue weighted by Crippen LogP contribution is -2.45. The second-order valence-electron chi connectivity index (χ2n) is 8.03. The number of carbonyl (C=O) groups excluding carboxylic acids is 1. The number of likely N-dealkylation sites (tertiary alicyclic amines) is 1. The molecule has 0 unspecified atom stereocenters. The standard InChI is InChI=1S/C22H22N6O2/c23-17-4-3-15(13-25-17)21(30)28-10-7-22(8-11-28)6-5-16-18(22)26-19(27-20(16)29)14-2-1-9-24-12-14/h1-4,9,12-13H,5-8,10-11H2,(H2,23,25)(H,26,27,29). The van der Waals surface area contributed by atoms with Crippen LogP contribution in [0.25, 0.3) is 11.4 Å². The first-order chi connectivity index (χ1) is 14.6. The number of H-pyrrole nitrogens is 1. The summed E-state index contributed by atoms with van der Waals surface area (Å²) in [6.07, 6.45) is 8.11. The molecule has 2 aliphatic rings. The molecule has 3 N–H and O–H groups in total. The van der Waals surface area contributed by atoms with Gasteiger partial charge in [0.05, 0.1) is 11.3 Å². The third-order valence-corrected chi connectivity index (χ3v) is 6.35. The summed E-state index contributed by atoms with van der Waals surface area (Å²) in [6, 6.07) is 7.07. The van der Waals surface area contributed by atoms with Crippen molar-refractivity contribution in [2.45, 2.75) is 31.1 Å². The van der Waals surface area contributed by atoms with Gasteiger partial charge in [-0.25, -0.2) is 9.97 Å². The summed E-state index contributed by atoms with van der Waals surface area (Å²) in [5.74, 6) is 0.914. The van der Waals surface area contributed by atoms with Crippen molar-refractivity contribution in [3.05, 3.63) is 70.0 Å². The smallest absolute Gasteiger partial charge is 0.255 e. The Morgan fingerprint density at radius 2 is 1.97 bits per heavy atom. The van der Waals surface area contributed by atoms with Crippen LogP contribution in [-0.2, 0) is 11.8 Å². The highest BCUT2D eigenvalue weighted by Gasteiger charge is 2.44. The molecule has 1 fully saturated rings. The van der Waals surface area contributed by atoms with Gasteiger partial charge in [-0.1, -0.05) is 0 Å². The number of hydrogen-bond acceptors (Lipinski definition) is 6. The van der Waals surface area contributed by atoms with Crippen molar-refractivity contribution < 1.29 is 4.79 Å². The zero-order valence-corrected chi connectivity index (χ0v) is 16.5. The average molecular weight is 402 g/mol. The van der Waals surface area contributed by atoms with Gasteiger partial charge in [0, 0.05) is 48.2 Å². The lowest BCUT2D eigenvalue weighted by molar-refractivity contribution is 0.0663. The number of nitrogens with zero attached hydrogens (tertiary/aromatic N) is 4. The Hall–Kier alpha value is -3.55. The van der Waals surface area contributed by atoms with Crippen LogP contribution in [0.1, 0.15) is 40.9 Å². The van der Waals surface area contributed by atoms with Gasteiger partial charge in [-0.15, -0.1) is 0 Å². The molecule has 0 radical (unpaired) electrons.